The molecule has 106 valence electrons. The second kappa shape index (κ2) is 6.10. The monoisotopic (exact) mass is 278 g/mol. The summed E-state index contributed by atoms with van der Waals surface area (Å²) in [7, 11) is 0. The summed E-state index contributed by atoms with van der Waals surface area (Å²) in [5.41, 5.74) is -1.08. The van der Waals surface area contributed by atoms with Crippen molar-refractivity contribution in [1.82, 2.24) is 0 Å². The molecule has 0 radical (unpaired) electrons. The Bertz CT molecular complexity index is 551. The van der Waals surface area contributed by atoms with Crippen LogP contribution in [0.4, 0.5) is 0 Å². The van der Waals surface area contributed by atoms with E-state index in [9.17, 15) is 19.2 Å². The Kier molecular flexibility index (Phi) is 4.74. The van der Waals surface area contributed by atoms with Gasteiger partial charge in [-0.1, -0.05) is 13.8 Å². The molecule has 0 aliphatic carbocycles. The average molecular weight is 278 g/mol. The summed E-state index contributed by atoms with van der Waals surface area (Å²) in [4.78, 5) is 45.8. The quantitative estimate of drug-likeness (QED) is 0.772. The smallest absolute Gasteiger partial charge is 0.336 e. The zero-order chi connectivity index (χ0) is 15.4. The van der Waals surface area contributed by atoms with Crippen LogP contribution in [-0.2, 0) is 0 Å². The van der Waals surface area contributed by atoms with Crippen LogP contribution in [-0.4, -0.2) is 33.7 Å². The van der Waals surface area contributed by atoms with Gasteiger partial charge in [0.05, 0.1) is 11.1 Å². The molecule has 0 aliphatic heterocycles. The van der Waals surface area contributed by atoms with Gasteiger partial charge in [0.15, 0.2) is 11.6 Å². The highest BCUT2D eigenvalue weighted by Gasteiger charge is 2.24. The summed E-state index contributed by atoms with van der Waals surface area (Å²) >= 11 is 0. The molecule has 0 unspecified atom stereocenters. The van der Waals surface area contributed by atoms with Crippen LogP contribution in [0.15, 0.2) is 12.1 Å². The number of carbonyl (C=O) groups excluding carboxylic acids is 2. The van der Waals surface area contributed by atoms with Crippen LogP contribution in [0.25, 0.3) is 0 Å². The number of rotatable bonds is 6. The lowest BCUT2D eigenvalue weighted by molar-refractivity contribution is 0.0689. The molecule has 2 N–H and O–H groups in total. The van der Waals surface area contributed by atoms with E-state index in [0.29, 0.717) is 0 Å². The van der Waals surface area contributed by atoms with E-state index >= 15 is 0 Å². The highest BCUT2D eigenvalue weighted by molar-refractivity contribution is 6.12. The molecule has 0 saturated heterocycles. The number of hydrogen-bond donors (Lipinski definition) is 2. The van der Waals surface area contributed by atoms with Crippen molar-refractivity contribution in [3.63, 3.8) is 0 Å². The number of carboxylic acids is 2. The first-order chi connectivity index (χ1) is 9.33. The summed E-state index contributed by atoms with van der Waals surface area (Å²) in [6, 6.07) is 1.95. The summed E-state index contributed by atoms with van der Waals surface area (Å²) in [6.45, 7) is 3.11. The third kappa shape index (κ3) is 2.90. The van der Waals surface area contributed by atoms with E-state index < -0.39 is 34.6 Å². The molecule has 20 heavy (non-hydrogen) atoms. The van der Waals surface area contributed by atoms with Crippen molar-refractivity contribution in [2.45, 2.75) is 26.7 Å². The maximum atomic E-state index is 11.8. The number of Topliss-reactive ketones (excluding diaryl/α,β-unsaturated/α-hetero) is 2. The zero-order valence-corrected chi connectivity index (χ0v) is 11.1. The second-order valence-electron chi connectivity index (χ2n) is 4.11. The van der Waals surface area contributed by atoms with E-state index in [0.717, 1.165) is 12.1 Å². The Balaban J connectivity index is 3.68. The molecule has 0 atom stereocenters. The van der Waals surface area contributed by atoms with Crippen molar-refractivity contribution in [1.29, 1.82) is 0 Å². The predicted molar refractivity (Wildman–Crippen MR) is 69.6 cm³/mol. The zero-order valence-electron chi connectivity index (χ0n) is 11.1. The van der Waals surface area contributed by atoms with Gasteiger partial charge in [-0.2, -0.15) is 0 Å². The Labute approximate surface area is 115 Å². The van der Waals surface area contributed by atoms with Crippen LogP contribution < -0.4 is 0 Å². The van der Waals surface area contributed by atoms with E-state index in [-0.39, 0.29) is 24.0 Å². The summed E-state index contributed by atoms with van der Waals surface area (Å²) in [6.07, 6.45) is 0.124. The van der Waals surface area contributed by atoms with E-state index in [1.165, 1.54) is 0 Å². The number of hydrogen-bond acceptors (Lipinski definition) is 4. The lowest BCUT2D eigenvalue weighted by atomic mass is 9.92. The molecule has 0 saturated carbocycles. The van der Waals surface area contributed by atoms with Gasteiger partial charge < -0.3 is 10.2 Å². The Morgan fingerprint density at radius 3 is 1.30 bits per heavy atom. The molecule has 0 aromatic heterocycles. The minimum Gasteiger partial charge on any atom is -0.478 e. The Hall–Kier alpha value is -2.50. The number of carbonyl (C=O) groups is 4. The summed E-state index contributed by atoms with van der Waals surface area (Å²) < 4.78 is 0. The molecule has 1 aromatic carbocycles. The van der Waals surface area contributed by atoms with Crippen molar-refractivity contribution >= 4 is 23.5 Å². The van der Waals surface area contributed by atoms with Gasteiger partial charge in [-0.25, -0.2) is 9.59 Å². The van der Waals surface area contributed by atoms with Crippen molar-refractivity contribution in [3.05, 3.63) is 34.4 Å². The predicted octanol–water partition coefficient (Wildman–Crippen LogP) is 2.27. The fourth-order valence-corrected chi connectivity index (χ4v) is 1.80. The molecule has 0 fully saturated rings. The molecule has 0 heterocycles. The minimum absolute atomic E-state index is 0.0620. The molecule has 0 spiro atoms. The molecular formula is C14H14O6. The maximum Gasteiger partial charge on any atom is 0.336 e. The van der Waals surface area contributed by atoms with Gasteiger partial charge in [0.25, 0.3) is 0 Å². The highest BCUT2D eigenvalue weighted by atomic mass is 16.4. The molecule has 6 heteroatoms. The molecule has 0 aliphatic rings. The molecular weight excluding hydrogens is 264 g/mol. The van der Waals surface area contributed by atoms with Crippen LogP contribution in [0.3, 0.4) is 0 Å². The number of ketones is 2. The lowest BCUT2D eigenvalue weighted by Crippen LogP contribution is -2.15. The lowest BCUT2D eigenvalue weighted by Gasteiger charge is -2.10. The molecule has 1 aromatic rings. The first-order valence-corrected chi connectivity index (χ1v) is 6.04. The SMILES string of the molecule is CCC(=O)c1cc(C(=O)CC)c(C(=O)O)cc1C(=O)O. The van der Waals surface area contributed by atoms with E-state index in [1.54, 1.807) is 13.8 Å². The number of benzene rings is 1. The van der Waals surface area contributed by atoms with Gasteiger partial charge in [0, 0.05) is 24.0 Å². The van der Waals surface area contributed by atoms with Gasteiger partial charge in [0.2, 0.25) is 0 Å². The Morgan fingerprint density at radius 1 is 0.750 bits per heavy atom. The summed E-state index contributed by atoms with van der Waals surface area (Å²) in [5.74, 6) is -3.71. The molecule has 0 bridgehead atoms. The topological polar surface area (TPSA) is 109 Å². The molecule has 1 rings (SSSR count). The van der Waals surface area contributed by atoms with Crippen molar-refractivity contribution in [2.75, 3.05) is 0 Å². The normalized spacial score (nSPS) is 10.1. The van der Waals surface area contributed by atoms with Crippen LogP contribution in [0.5, 0.6) is 0 Å². The fourth-order valence-electron chi connectivity index (χ4n) is 1.80. The first kappa shape index (κ1) is 15.6. The van der Waals surface area contributed by atoms with Gasteiger partial charge in [0.1, 0.15) is 0 Å². The van der Waals surface area contributed by atoms with Crippen molar-refractivity contribution in [3.8, 4) is 0 Å². The van der Waals surface area contributed by atoms with E-state index in [2.05, 4.69) is 0 Å². The van der Waals surface area contributed by atoms with Crippen LogP contribution in [0.2, 0.25) is 0 Å². The first-order valence-electron chi connectivity index (χ1n) is 6.04. The summed E-state index contributed by atoms with van der Waals surface area (Å²) in [5, 5.41) is 18.1. The standard InChI is InChI=1S/C14H14O6/c1-3-11(15)7-5-8(12(16)4-2)10(14(19)20)6-9(7)13(17)18/h5-6H,3-4H2,1-2H3,(H,17,18)(H,19,20). The van der Waals surface area contributed by atoms with Gasteiger partial charge >= 0.3 is 11.9 Å². The van der Waals surface area contributed by atoms with Crippen LogP contribution in [0, 0.1) is 0 Å². The largest absolute Gasteiger partial charge is 0.478 e. The Morgan fingerprint density at radius 2 is 1.05 bits per heavy atom. The van der Waals surface area contributed by atoms with Gasteiger partial charge in [-0.05, 0) is 12.1 Å². The van der Waals surface area contributed by atoms with Crippen molar-refractivity contribution in [2.24, 2.45) is 0 Å². The van der Waals surface area contributed by atoms with E-state index in [4.69, 9.17) is 10.2 Å². The third-order valence-corrected chi connectivity index (χ3v) is 2.86. The highest BCUT2D eigenvalue weighted by Crippen LogP contribution is 2.21. The van der Waals surface area contributed by atoms with E-state index in [1.807, 2.05) is 0 Å². The van der Waals surface area contributed by atoms with Gasteiger partial charge in [-0.15, -0.1) is 0 Å². The maximum absolute atomic E-state index is 11.8. The fraction of sp³-hybridized carbons (Fsp3) is 0.286. The number of carboxylic acid groups (broad SMARTS) is 2. The number of aromatic carboxylic acids is 2. The molecule has 6 nitrogen and oxygen atoms in total. The van der Waals surface area contributed by atoms with Crippen molar-refractivity contribution < 1.29 is 29.4 Å². The van der Waals surface area contributed by atoms with Crippen LogP contribution in [0.1, 0.15) is 68.1 Å². The second-order valence-corrected chi connectivity index (χ2v) is 4.11. The third-order valence-electron chi connectivity index (χ3n) is 2.86. The average Bonchev–Trinajstić information content (AvgIpc) is 2.43. The minimum atomic E-state index is -1.40. The van der Waals surface area contributed by atoms with Crippen LogP contribution >= 0.6 is 0 Å². The van der Waals surface area contributed by atoms with Gasteiger partial charge in [-0.3, -0.25) is 9.59 Å². The molecule has 0 amide bonds.